The number of anilines is 1. The second kappa shape index (κ2) is 10.3. The van der Waals surface area contributed by atoms with Crippen LogP contribution in [0.4, 0.5) is 5.69 Å². The van der Waals surface area contributed by atoms with Gasteiger partial charge in [-0.15, -0.1) is 0 Å². The Kier molecular flexibility index (Phi) is 6.98. The first-order valence-corrected chi connectivity index (χ1v) is 11.0. The van der Waals surface area contributed by atoms with E-state index in [2.05, 4.69) is 101 Å². The molecular weight excluding hydrogens is 352 g/mol. The molecule has 3 aromatic rings. The third-order valence-electron chi connectivity index (χ3n) is 6.12. The summed E-state index contributed by atoms with van der Waals surface area (Å²) in [6.07, 6.45) is 5.96. The molecule has 4 rings (SSSR count). The van der Waals surface area contributed by atoms with Gasteiger partial charge in [-0.05, 0) is 55.4 Å². The smallest absolute Gasteiger partial charge is 0.0342 e. The lowest BCUT2D eigenvalue weighted by atomic mass is 9.91. The molecule has 2 nitrogen and oxygen atoms in total. The van der Waals surface area contributed by atoms with Crippen molar-refractivity contribution in [1.82, 2.24) is 4.90 Å². The first-order valence-electron chi connectivity index (χ1n) is 11.0. The summed E-state index contributed by atoms with van der Waals surface area (Å²) >= 11 is 0. The Morgan fingerprint density at radius 2 is 1.31 bits per heavy atom. The Balaban J connectivity index is 1.39. The highest BCUT2D eigenvalue weighted by molar-refractivity contribution is 5.43. The Labute approximate surface area is 175 Å². The number of benzene rings is 3. The molecule has 0 aromatic heterocycles. The lowest BCUT2D eigenvalue weighted by Gasteiger charge is -2.40. The molecular formula is C27H32N2. The monoisotopic (exact) mass is 384 g/mol. The summed E-state index contributed by atoms with van der Waals surface area (Å²) in [4.78, 5) is 2.74. The Hall–Kier alpha value is -2.58. The fourth-order valence-corrected chi connectivity index (χ4v) is 4.49. The van der Waals surface area contributed by atoms with Crippen molar-refractivity contribution in [3.8, 4) is 0 Å². The number of aryl methyl sites for hydroxylation is 1. The fourth-order valence-electron chi connectivity index (χ4n) is 4.49. The number of likely N-dealkylation sites (tertiary alicyclic amines) is 1. The van der Waals surface area contributed by atoms with Gasteiger partial charge in [-0.3, -0.25) is 4.90 Å². The third-order valence-corrected chi connectivity index (χ3v) is 6.12. The summed E-state index contributed by atoms with van der Waals surface area (Å²) in [7, 11) is 0. The molecule has 1 fully saturated rings. The van der Waals surface area contributed by atoms with Gasteiger partial charge in [-0.2, -0.15) is 0 Å². The first-order chi connectivity index (χ1) is 14.4. The maximum absolute atomic E-state index is 3.78. The molecule has 2 atom stereocenters. The number of hydrogen-bond donors (Lipinski definition) is 1. The van der Waals surface area contributed by atoms with Gasteiger partial charge in [0.2, 0.25) is 0 Å². The molecule has 0 aliphatic carbocycles. The van der Waals surface area contributed by atoms with Crippen LogP contribution in [0.3, 0.4) is 0 Å². The normalized spacial score (nSPS) is 19.7. The minimum Gasteiger partial charge on any atom is -0.382 e. The van der Waals surface area contributed by atoms with E-state index in [1.54, 1.807) is 0 Å². The lowest BCUT2D eigenvalue weighted by Crippen LogP contribution is -2.47. The van der Waals surface area contributed by atoms with Gasteiger partial charge in [-0.25, -0.2) is 0 Å². The van der Waals surface area contributed by atoms with E-state index in [4.69, 9.17) is 0 Å². The van der Waals surface area contributed by atoms with E-state index < -0.39 is 0 Å². The molecule has 1 aliphatic rings. The maximum Gasteiger partial charge on any atom is 0.0342 e. The predicted octanol–water partition coefficient (Wildman–Crippen LogP) is 5.81. The summed E-state index contributed by atoms with van der Waals surface area (Å²) in [5, 5.41) is 3.78. The lowest BCUT2D eigenvalue weighted by molar-refractivity contribution is 0.134. The van der Waals surface area contributed by atoms with Gasteiger partial charge >= 0.3 is 0 Å². The number of para-hydroxylation sites is 1. The molecule has 3 aromatic carbocycles. The number of rotatable bonds is 8. The van der Waals surface area contributed by atoms with E-state index >= 15 is 0 Å². The van der Waals surface area contributed by atoms with Crippen molar-refractivity contribution in [2.24, 2.45) is 0 Å². The van der Waals surface area contributed by atoms with Gasteiger partial charge in [-0.1, -0.05) is 78.9 Å². The molecule has 1 heterocycles. The van der Waals surface area contributed by atoms with Crippen LogP contribution in [0.5, 0.6) is 0 Å². The average molecular weight is 385 g/mol. The zero-order valence-electron chi connectivity index (χ0n) is 17.2. The van der Waals surface area contributed by atoms with E-state index in [0.717, 1.165) is 19.4 Å². The minimum absolute atomic E-state index is 0.561. The van der Waals surface area contributed by atoms with Crippen LogP contribution >= 0.6 is 0 Å². The van der Waals surface area contributed by atoms with Crippen molar-refractivity contribution in [2.45, 2.75) is 44.2 Å². The van der Waals surface area contributed by atoms with E-state index in [1.165, 1.54) is 42.6 Å². The average Bonchev–Trinajstić information content (AvgIpc) is 2.79. The molecule has 0 spiro atoms. The summed E-state index contributed by atoms with van der Waals surface area (Å²) in [6, 6.07) is 33.7. The van der Waals surface area contributed by atoms with Gasteiger partial charge in [0, 0.05) is 30.9 Å². The highest BCUT2D eigenvalue weighted by Crippen LogP contribution is 2.25. The quantitative estimate of drug-likeness (QED) is 0.527. The van der Waals surface area contributed by atoms with Crippen LogP contribution in [0, 0.1) is 0 Å². The van der Waals surface area contributed by atoms with Crippen molar-refractivity contribution in [3.63, 3.8) is 0 Å². The van der Waals surface area contributed by atoms with Crippen LogP contribution in [0.2, 0.25) is 0 Å². The first kappa shape index (κ1) is 19.7. The van der Waals surface area contributed by atoms with E-state index in [-0.39, 0.29) is 0 Å². The number of nitrogens with zero attached hydrogens (tertiary/aromatic N) is 1. The van der Waals surface area contributed by atoms with Crippen LogP contribution in [0.15, 0.2) is 91.0 Å². The zero-order valence-corrected chi connectivity index (χ0v) is 17.2. The van der Waals surface area contributed by atoms with Crippen LogP contribution in [0.1, 0.15) is 30.4 Å². The van der Waals surface area contributed by atoms with Gasteiger partial charge in [0.1, 0.15) is 0 Å². The molecule has 0 bridgehead atoms. The van der Waals surface area contributed by atoms with Crippen molar-refractivity contribution in [2.75, 3.05) is 18.4 Å². The van der Waals surface area contributed by atoms with Crippen molar-refractivity contribution in [1.29, 1.82) is 0 Å². The van der Waals surface area contributed by atoms with Gasteiger partial charge < -0.3 is 5.32 Å². The minimum atomic E-state index is 0.561. The molecule has 2 unspecified atom stereocenters. The second-order valence-corrected chi connectivity index (χ2v) is 8.18. The zero-order chi connectivity index (χ0) is 19.7. The topological polar surface area (TPSA) is 15.3 Å². The van der Waals surface area contributed by atoms with Crippen LogP contribution in [-0.4, -0.2) is 30.1 Å². The number of nitrogens with one attached hydrogen (secondary N) is 1. The summed E-state index contributed by atoms with van der Waals surface area (Å²) in [6.45, 7) is 2.33. The number of piperidine rings is 1. The molecule has 150 valence electrons. The standard InChI is InChI=1S/C27H32N2/c1-4-10-23(11-5-1)16-17-27-22-26(28-25-14-8-3-9-15-25)19-21-29(27)20-18-24-12-6-2-7-13-24/h1-15,26-28H,16-22H2. The fraction of sp³-hybridized carbons (Fsp3) is 0.333. The molecule has 0 saturated carbocycles. The summed E-state index contributed by atoms with van der Waals surface area (Å²) < 4.78 is 0. The highest BCUT2D eigenvalue weighted by Gasteiger charge is 2.28. The summed E-state index contributed by atoms with van der Waals surface area (Å²) in [5.41, 5.74) is 4.14. The summed E-state index contributed by atoms with van der Waals surface area (Å²) in [5.74, 6) is 0. The molecule has 1 N–H and O–H groups in total. The SMILES string of the molecule is c1ccc(CCC2CC(Nc3ccccc3)CCN2CCc2ccccc2)cc1. The van der Waals surface area contributed by atoms with Gasteiger partial charge in [0.05, 0.1) is 0 Å². The molecule has 1 saturated heterocycles. The van der Waals surface area contributed by atoms with E-state index in [0.29, 0.717) is 12.1 Å². The molecule has 0 radical (unpaired) electrons. The predicted molar refractivity (Wildman–Crippen MR) is 123 cm³/mol. The molecule has 29 heavy (non-hydrogen) atoms. The molecule has 0 amide bonds. The van der Waals surface area contributed by atoms with Crippen LogP contribution in [-0.2, 0) is 12.8 Å². The highest BCUT2D eigenvalue weighted by atomic mass is 15.2. The van der Waals surface area contributed by atoms with Crippen molar-refractivity contribution >= 4 is 5.69 Å². The second-order valence-electron chi connectivity index (χ2n) is 8.18. The Morgan fingerprint density at radius 3 is 1.97 bits per heavy atom. The van der Waals surface area contributed by atoms with Gasteiger partial charge in [0.25, 0.3) is 0 Å². The molecule has 2 heteroatoms. The Bertz CT molecular complexity index is 832. The van der Waals surface area contributed by atoms with E-state index in [9.17, 15) is 0 Å². The largest absolute Gasteiger partial charge is 0.382 e. The Morgan fingerprint density at radius 1 is 0.724 bits per heavy atom. The maximum atomic E-state index is 3.78. The number of hydrogen-bond acceptors (Lipinski definition) is 2. The van der Waals surface area contributed by atoms with Gasteiger partial charge in [0.15, 0.2) is 0 Å². The van der Waals surface area contributed by atoms with Crippen LogP contribution in [0.25, 0.3) is 0 Å². The van der Waals surface area contributed by atoms with Crippen LogP contribution < -0.4 is 5.32 Å². The van der Waals surface area contributed by atoms with E-state index in [1.807, 2.05) is 0 Å². The molecule has 1 aliphatic heterocycles. The third kappa shape index (κ3) is 5.95. The van der Waals surface area contributed by atoms with Crippen molar-refractivity contribution in [3.05, 3.63) is 102 Å². The van der Waals surface area contributed by atoms with Crippen molar-refractivity contribution < 1.29 is 0 Å².